The smallest absolute Gasteiger partial charge is 0.0730 e. The summed E-state index contributed by atoms with van der Waals surface area (Å²) in [6.45, 7) is 2.46. The minimum atomic E-state index is 0.359. The summed E-state index contributed by atoms with van der Waals surface area (Å²) in [5, 5.41) is 0. The van der Waals surface area contributed by atoms with Crippen molar-refractivity contribution < 1.29 is 0 Å². The van der Waals surface area contributed by atoms with E-state index in [1.54, 1.807) is 0 Å². The molecular formula is C7H12INS. The summed E-state index contributed by atoms with van der Waals surface area (Å²) in [5.41, 5.74) is 0. The van der Waals surface area contributed by atoms with Gasteiger partial charge in [-0.1, -0.05) is 22.6 Å². The van der Waals surface area contributed by atoms with Gasteiger partial charge in [0.15, 0.2) is 0 Å². The predicted molar refractivity (Wildman–Crippen MR) is 56.7 cm³/mol. The quantitative estimate of drug-likeness (QED) is 0.457. The van der Waals surface area contributed by atoms with Gasteiger partial charge in [0.25, 0.3) is 0 Å². The summed E-state index contributed by atoms with van der Waals surface area (Å²) in [5.74, 6) is 0. The fourth-order valence-electron chi connectivity index (χ4n) is 1.08. The summed E-state index contributed by atoms with van der Waals surface area (Å²) in [6, 6.07) is 0. The first-order valence-corrected chi connectivity index (χ1v) is 5.30. The zero-order chi connectivity index (χ0) is 7.40. The molecule has 10 heavy (non-hydrogen) atoms. The molecule has 1 heterocycles. The van der Waals surface area contributed by atoms with Crippen LogP contribution in [0, 0.1) is 0 Å². The zero-order valence-electron chi connectivity index (χ0n) is 5.83. The van der Waals surface area contributed by atoms with Gasteiger partial charge in [-0.05, 0) is 25.1 Å². The zero-order valence-corrected chi connectivity index (χ0v) is 8.88. The molecule has 1 unspecified atom stereocenters. The molecule has 1 atom stereocenters. The molecule has 1 saturated heterocycles. The molecule has 0 aliphatic carbocycles. The van der Waals surface area contributed by atoms with Crippen LogP contribution in [-0.2, 0) is 0 Å². The minimum Gasteiger partial charge on any atom is -0.378 e. The van der Waals surface area contributed by atoms with Gasteiger partial charge < -0.3 is 4.90 Å². The lowest BCUT2D eigenvalue weighted by Crippen LogP contribution is -2.10. The highest BCUT2D eigenvalue weighted by Gasteiger charge is 2.05. The van der Waals surface area contributed by atoms with Gasteiger partial charge in [-0.25, -0.2) is 0 Å². The SMILES string of the molecule is SC(I)/C=C/N1CCCC1. The van der Waals surface area contributed by atoms with Gasteiger partial charge >= 0.3 is 0 Å². The van der Waals surface area contributed by atoms with E-state index >= 15 is 0 Å². The largest absolute Gasteiger partial charge is 0.378 e. The van der Waals surface area contributed by atoms with Crippen molar-refractivity contribution in [3.05, 3.63) is 12.3 Å². The maximum Gasteiger partial charge on any atom is 0.0730 e. The number of hydrogen-bond donors (Lipinski definition) is 1. The molecule has 1 rings (SSSR count). The molecule has 3 heteroatoms. The Morgan fingerprint density at radius 1 is 1.40 bits per heavy atom. The standard InChI is InChI=1S/C7H12INS/c8-7(10)3-6-9-4-1-2-5-9/h3,6-7,10H,1-2,4-5H2/b6-3+. The van der Waals surface area contributed by atoms with Crippen molar-refractivity contribution >= 4 is 35.2 Å². The number of rotatable bonds is 2. The second-order valence-electron chi connectivity index (χ2n) is 2.46. The molecule has 0 aromatic carbocycles. The first-order valence-electron chi connectivity index (χ1n) is 3.53. The third-order valence-electron chi connectivity index (χ3n) is 1.60. The monoisotopic (exact) mass is 269 g/mol. The van der Waals surface area contributed by atoms with Gasteiger partial charge in [0.1, 0.15) is 0 Å². The van der Waals surface area contributed by atoms with Gasteiger partial charge in [0.05, 0.1) is 3.26 Å². The van der Waals surface area contributed by atoms with Crippen LogP contribution in [0.25, 0.3) is 0 Å². The van der Waals surface area contributed by atoms with E-state index in [0.717, 1.165) is 0 Å². The summed E-state index contributed by atoms with van der Waals surface area (Å²) in [4.78, 5) is 2.35. The number of alkyl halides is 1. The average molecular weight is 269 g/mol. The molecule has 0 bridgehead atoms. The van der Waals surface area contributed by atoms with Gasteiger partial charge in [0, 0.05) is 13.1 Å². The molecule has 0 amide bonds. The van der Waals surface area contributed by atoms with E-state index in [4.69, 9.17) is 0 Å². The maximum absolute atomic E-state index is 4.24. The number of likely N-dealkylation sites (tertiary alicyclic amines) is 1. The second kappa shape index (κ2) is 4.49. The van der Waals surface area contributed by atoms with E-state index in [1.807, 2.05) is 0 Å². The molecule has 1 fully saturated rings. The molecule has 0 aromatic heterocycles. The third kappa shape index (κ3) is 3.14. The molecule has 0 radical (unpaired) electrons. The Hall–Kier alpha value is 0.620. The molecule has 1 aliphatic rings. The number of thiol groups is 1. The van der Waals surface area contributed by atoms with E-state index in [9.17, 15) is 0 Å². The Labute approximate surface area is 81.4 Å². The van der Waals surface area contributed by atoms with Crippen LogP contribution in [0.15, 0.2) is 12.3 Å². The molecular weight excluding hydrogens is 257 g/mol. The van der Waals surface area contributed by atoms with Crippen LogP contribution in [0.2, 0.25) is 0 Å². The molecule has 0 saturated carbocycles. The van der Waals surface area contributed by atoms with Crippen LogP contribution in [0.3, 0.4) is 0 Å². The first kappa shape index (κ1) is 8.71. The van der Waals surface area contributed by atoms with Gasteiger partial charge in [-0.3, -0.25) is 0 Å². The van der Waals surface area contributed by atoms with Gasteiger partial charge in [-0.15, -0.1) is 0 Å². The highest BCUT2D eigenvalue weighted by atomic mass is 127. The fraction of sp³-hybridized carbons (Fsp3) is 0.714. The Kier molecular flexibility index (Phi) is 3.91. The van der Waals surface area contributed by atoms with Crippen molar-refractivity contribution in [1.82, 2.24) is 4.90 Å². The van der Waals surface area contributed by atoms with Crippen molar-refractivity contribution in [2.45, 2.75) is 16.1 Å². The fourth-order valence-corrected chi connectivity index (χ4v) is 1.35. The molecule has 0 aromatic rings. The van der Waals surface area contributed by atoms with Crippen LogP contribution in [0.1, 0.15) is 12.8 Å². The summed E-state index contributed by atoms with van der Waals surface area (Å²) >= 11 is 6.52. The Bertz CT molecular complexity index is 119. The van der Waals surface area contributed by atoms with Crippen LogP contribution in [0.5, 0.6) is 0 Å². The van der Waals surface area contributed by atoms with E-state index in [-0.39, 0.29) is 0 Å². The van der Waals surface area contributed by atoms with Crippen LogP contribution >= 0.6 is 35.2 Å². The van der Waals surface area contributed by atoms with E-state index in [2.05, 4.69) is 52.4 Å². The number of hydrogen-bond acceptors (Lipinski definition) is 2. The highest BCUT2D eigenvalue weighted by molar-refractivity contribution is 14.1. The third-order valence-corrected chi connectivity index (χ3v) is 2.18. The van der Waals surface area contributed by atoms with Crippen LogP contribution in [0.4, 0.5) is 0 Å². The first-order chi connectivity index (χ1) is 4.79. The summed E-state index contributed by atoms with van der Waals surface area (Å²) in [7, 11) is 0. The van der Waals surface area contributed by atoms with Crippen LogP contribution < -0.4 is 0 Å². The van der Waals surface area contributed by atoms with Crippen molar-refractivity contribution in [2.24, 2.45) is 0 Å². The van der Waals surface area contributed by atoms with Crippen molar-refractivity contribution in [3.63, 3.8) is 0 Å². The predicted octanol–water partition coefficient (Wildman–Crippen LogP) is 2.29. The van der Waals surface area contributed by atoms with Gasteiger partial charge in [0.2, 0.25) is 0 Å². The average Bonchev–Trinajstić information content (AvgIpc) is 2.34. The van der Waals surface area contributed by atoms with Gasteiger partial charge in [-0.2, -0.15) is 12.6 Å². The lowest BCUT2D eigenvalue weighted by molar-refractivity contribution is 0.467. The lowest BCUT2D eigenvalue weighted by Gasteiger charge is -2.09. The van der Waals surface area contributed by atoms with Crippen molar-refractivity contribution in [3.8, 4) is 0 Å². The van der Waals surface area contributed by atoms with E-state index in [0.29, 0.717) is 3.26 Å². The Morgan fingerprint density at radius 2 is 2.00 bits per heavy atom. The van der Waals surface area contributed by atoms with Crippen molar-refractivity contribution in [1.29, 1.82) is 0 Å². The Balaban J connectivity index is 2.23. The summed E-state index contributed by atoms with van der Waals surface area (Å²) < 4.78 is 0.359. The normalized spacial score (nSPS) is 22.4. The molecule has 0 N–H and O–H groups in total. The molecule has 1 aliphatic heterocycles. The summed E-state index contributed by atoms with van der Waals surface area (Å²) in [6.07, 6.45) is 6.98. The number of halogens is 1. The topological polar surface area (TPSA) is 3.24 Å². The van der Waals surface area contributed by atoms with Crippen LogP contribution in [-0.4, -0.2) is 21.2 Å². The molecule has 1 nitrogen and oxygen atoms in total. The molecule has 58 valence electrons. The van der Waals surface area contributed by atoms with E-state index in [1.165, 1.54) is 25.9 Å². The van der Waals surface area contributed by atoms with E-state index < -0.39 is 0 Å². The lowest BCUT2D eigenvalue weighted by atomic mass is 10.4. The minimum absolute atomic E-state index is 0.359. The Morgan fingerprint density at radius 3 is 2.50 bits per heavy atom. The van der Waals surface area contributed by atoms with Crippen molar-refractivity contribution in [2.75, 3.05) is 13.1 Å². The second-order valence-corrected chi connectivity index (χ2v) is 5.34. The molecule has 0 spiro atoms. The number of nitrogens with zero attached hydrogens (tertiary/aromatic N) is 1. The highest BCUT2D eigenvalue weighted by Crippen LogP contribution is 2.11. The maximum atomic E-state index is 4.24.